The second-order valence-electron chi connectivity index (χ2n) is 6.94. The van der Waals surface area contributed by atoms with Crippen molar-refractivity contribution < 1.29 is 28.5 Å². The van der Waals surface area contributed by atoms with E-state index in [0.29, 0.717) is 5.75 Å². The Bertz CT molecular complexity index is 955. The Hall–Kier alpha value is -2.53. The van der Waals surface area contributed by atoms with Gasteiger partial charge in [0, 0.05) is 41.1 Å². The highest BCUT2D eigenvalue weighted by Crippen LogP contribution is 2.37. The van der Waals surface area contributed by atoms with E-state index in [9.17, 15) is 9.90 Å². The van der Waals surface area contributed by atoms with E-state index in [1.807, 2.05) is 30.3 Å². The number of rotatable bonds is 6. The summed E-state index contributed by atoms with van der Waals surface area (Å²) in [5.74, 6) is -0.444. The fourth-order valence-corrected chi connectivity index (χ4v) is 3.26. The Kier molecular flexibility index (Phi) is 6.16. The quantitative estimate of drug-likeness (QED) is 0.699. The highest BCUT2D eigenvalue weighted by atomic mass is 35.5. The first-order valence-electron chi connectivity index (χ1n) is 8.80. The fourth-order valence-electron chi connectivity index (χ4n) is 3.26. The molecule has 2 aromatic heterocycles. The monoisotopic (exact) mass is 388 g/mol. The van der Waals surface area contributed by atoms with E-state index in [2.05, 4.69) is 23.4 Å². The molecule has 144 valence electrons. The first-order chi connectivity index (χ1) is 12.3. The topological polar surface area (TPSA) is 64.4 Å². The second kappa shape index (κ2) is 8.01. The van der Waals surface area contributed by atoms with Gasteiger partial charge in [-0.1, -0.05) is 6.92 Å². The molecule has 0 aliphatic heterocycles. The van der Waals surface area contributed by atoms with Gasteiger partial charge in [0.1, 0.15) is 5.75 Å². The number of benzene rings is 1. The number of carbonyl (C=O) groups is 1. The molecule has 0 unspecified atom stereocenters. The third-order valence-electron chi connectivity index (χ3n) is 4.60. The van der Waals surface area contributed by atoms with Crippen LogP contribution in [0.15, 0.2) is 42.7 Å². The van der Waals surface area contributed by atoms with Crippen LogP contribution in [0.4, 0.5) is 0 Å². The van der Waals surface area contributed by atoms with Gasteiger partial charge in [-0.05, 0) is 63.1 Å². The summed E-state index contributed by atoms with van der Waals surface area (Å²) in [6, 6.07) is 9.78. The minimum atomic E-state index is -1.29. The van der Waals surface area contributed by atoms with Crippen molar-refractivity contribution in [3.05, 3.63) is 48.4 Å². The molecule has 5 nitrogen and oxygen atoms in total. The lowest BCUT2D eigenvalue weighted by Gasteiger charge is -2.21. The maximum Gasteiger partial charge on any atom is 1.00 e. The fraction of sp³-hybridized carbons (Fsp3) is 0.333. The number of aliphatic carboxylic acids is 1. The van der Waals surface area contributed by atoms with Crippen molar-refractivity contribution in [1.29, 1.82) is 0 Å². The summed E-state index contributed by atoms with van der Waals surface area (Å²) in [5, 5.41) is 10.4. The number of pyridine rings is 1. The van der Waals surface area contributed by atoms with E-state index < -0.39 is 11.6 Å². The zero-order chi connectivity index (χ0) is 18.9. The van der Waals surface area contributed by atoms with Crippen molar-refractivity contribution in [3.8, 4) is 16.9 Å². The lowest BCUT2D eigenvalue weighted by atomic mass is 10.0. The number of ether oxygens (including phenoxy) is 1. The van der Waals surface area contributed by atoms with E-state index in [-0.39, 0.29) is 13.8 Å². The predicted molar refractivity (Wildman–Crippen MR) is 104 cm³/mol. The molecule has 3 rings (SSSR count). The molecular formula is C21H25ClN2O3. The summed E-state index contributed by atoms with van der Waals surface area (Å²) < 4.78 is 8.05. The Labute approximate surface area is 166 Å². The molecule has 0 saturated heterocycles. The first kappa shape index (κ1) is 20.8. The molecular weight excluding hydrogens is 364 g/mol. The first-order valence-corrected chi connectivity index (χ1v) is 8.80. The minimum absolute atomic E-state index is 0. The molecule has 0 fully saturated rings. The third kappa shape index (κ3) is 3.93. The van der Waals surface area contributed by atoms with Gasteiger partial charge in [-0.2, -0.15) is 0 Å². The SMILES string of the molecule is CCCn1c(C)c(-c2ccncc2)c2cc(OC(C)(C)C(=O)O)ccc21.[Cl-].[H+]. The summed E-state index contributed by atoms with van der Waals surface area (Å²) >= 11 is 0. The van der Waals surface area contributed by atoms with Crippen LogP contribution < -0.4 is 17.1 Å². The number of hydrogen-bond donors (Lipinski definition) is 1. The summed E-state index contributed by atoms with van der Waals surface area (Å²) in [7, 11) is 0. The van der Waals surface area contributed by atoms with Gasteiger partial charge in [0.05, 0.1) is 0 Å². The third-order valence-corrected chi connectivity index (χ3v) is 4.60. The molecule has 27 heavy (non-hydrogen) atoms. The molecule has 0 bridgehead atoms. The molecule has 0 aliphatic carbocycles. The molecule has 1 aromatic carbocycles. The van der Waals surface area contributed by atoms with Gasteiger partial charge in [0.2, 0.25) is 0 Å². The van der Waals surface area contributed by atoms with E-state index in [1.165, 1.54) is 5.69 Å². The van der Waals surface area contributed by atoms with Crippen molar-refractivity contribution in [1.82, 2.24) is 9.55 Å². The van der Waals surface area contributed by atoms with Crippen LogP contribution in [0.25, 0.3) is 22.0 Å². The molecule has 0 aliphatic rings. The van der Waals surface area contributed by atoms with Crippen molar-refractivity contribution in [2.24, 2.45) is 0 Å². The van der Waals surface area contributed by atoms with Gasteiger partial charge in [-0.25, -0.2) is 4.79 Å². The number of carboxylic acids is 1. The van der Waals surface area contributed by atoms with Gasteiger partial charge >= 0.3 is 7.40 Å². The van der Waals surface area contributed by atoms with Gasteiger partial charge in [0.15, 0.2) is 5.60 Å². The van der Waals surface area contributed by atoms with E-state index in [4.69, 9.17) is 4.74 Å². The Morgan fingerprint density at radius 3 is 2.52 bits per heavy atom. The number of fused-ring (bicyclic) bond motifs is 1. The summed E-state index contributed by atoms with van der Waals surface area (Å²) in [6.07, 6.45) is 4.60. The summed E-state index contributed by atoms with van der Waals surface area (Å²) in [6.45, 7) is 8.30. The van der Waals surface area contributed by atoms with Gasteiger partial charge in [-0.3, -0.25) is 4.98 Å². The largest absolute Gasteiger partial charge is 1.00 e. The molecule has 0 radical (unpaired) electrons. The van der Waals surface area contributed by atoms with E-state index in [1.54, 1.807) is 26.2 Å². The molecule has 0 atom stereocenters. The lowest BCUT2D eigenvalue weighted by molar-refractivity contribution is -0.152. The van der Waals surface area contributed by atoms with Gasteiger partial charge in [-0.15, -0.1) is 0 Å². The highest BCUT2D eigenvalue weighted by Gasteiger charge is 2.29. The van der Waals surface area contributed by atoms with E-state index in [0.717, 1.165) is 35.0 Å². The van der Waals surface area contributed by atoms with Crippen molar-refractivity contribution in [3.63, 3.8) is 0 Å². The van der Waals surface area contributed by atoms with Crippen LogP contribution in [-0.2, 0) is 11.3 Å². The normalized spacial score (nSPS) is 11.3. The van der Waals surface area contributed by atoms with Crippen LogP contribution in [0.2, 0.25) is 0 Å². The Morgan fingerprint density at radius 1 is 1.26 bits per heavy atom. The Balaban J connectivity index is 0.00000196. The Morgan fingerprint density at radius 2 is 1.93 bits per heavy atom. The van der Waals surface area contributed by atoms with Crippen LogP contribution in [-0.4, -0.2) is 26.2 Å². The number of halogens is 1. The molecule has 0 spiro atoms. The predicted octanol–water partition coefficient (Wildman–Crippen LogP) is 1.78. The number of aryl methyl sites for hydroxylation is 1. The minimum Gasteiger partial charge on any atom is -1.00 e. The summed E-state index contributed by atoms with van der Waals surface area (Å²) in [4.78, 5) is 15.5. The van der Waals surface area contributed by atoms with Crippen LogP contribution in [0, 0.1) is 6.92 Å². The second-order valence-corrected chi connectivity index (χ2v) is 6.94. The van der Waals surface area contributed by atoms with E-state index >= 15 is 0 Å². The zero-order valence-electron chi connectivity index (χ0n) is 17.0. The number of nitrogens with zero attached hydrogens (tertiary/aromatic N) is 2. The molecule has 3 aromatic rings. The van der Waals surface area contributed by atoms with Crippen LogP contribution >= 0.6 is 0 Å². The average Bonchev–Trinajstić information content (AvgIpc) is 2.87. The molecule has 0 saturated carbocycles. The molecule has 6 heteroatoms. The smallest absolute Gasteiger partial charge is 1.00 e. The number of hydrogen-bond acceptors (Lipinski definition) is 3. The molecule has 2 heterocycles. The van der Waals surface area contributed by atoms with Crippen LogP contribution in [0.1, 0.15) is 34.3 Å². The average molecular weight is 389 g/mol. The molecule has 1 N–H and O–H groups in total. The molecule has 0 amide bonds. The highest BCUT2D eigenvalue weighted by molar-refractivity contribution is 5.98. The van der Waals surface area contributed by atoms with Crippen LogP contribution in [0.3, 0.4) is 0 Å². The maximum atomic E-state index is 11.4. The summed E-state index contributed by atoms with van der Waals surface area (Å²) in [5.41, 5.74) is 3.24. The lowest BCUT2D eigenvalue weighted by Crippen LogP contribution is -3.00. The van der Waals surface area contributed by atoms with Gasteiger partial charge in [0.25, 0.3) is 0 Å². The zero-order valence-corrected chi connectivity index (χ0v) is 16.7. The van der Waals surface area contributed by atoms with Crippen molar-refractivity contribution >= 4 is 16.9 Å². The number of carboxylic acid groups (broad SMARTS) is 1. The van der Waals surface area contributed by atoms with Crippen molar-refractivity contribution in [2.45, 2.75) is 46.3 Å². The maximum absolute atomic E-state index is 11.4. The number of aromatic nitrogens is 2. The van der Waals surface area contributed by atoms with Gasteiger partial charge < -0.3 is 26.8 Å². The standard InChI is InChI=1S/C21H24N2O3.ClH/c1-5-12-23-14(2)19(15-8-10-22-11-9-15)17-13-16(6-7-18(17)23)26-21(3,4)20(24)25;/h6-11,13H,5,12H2,1-4H3,(H,24,25);1H. The van der Waals surface area contributed by atoms with Crippen LogP contribution in [0.5, 0.6) is 5.75 Å². The van der Waals surface area contributed by atoms with Crippen molar-refractivity contribution in [2.75, 3.05) is 0 Å².